The number of H-pyrrole nitrogens is 1. The average Bonchev–Trinajstić information content (AvgIpc) is 3.15. The Morgan fingerprint density at radius 2 is 1.71 bits per heavy atom. The largest absolute Gasteiger partial charge is 0.490 e. The van der Waals surface area contributed by atoms with E-state index in [1.54, 1.807) is 30.5 Å². The highest BCUT2D eigenvalue weighted by atomic mass is 32.2. The molecule has 1 aromatic carbocycles. The van der Waals surface area contributed by atoms with Gasteiger partial charge in [0.1, 0.15) is 15.5 Å². The number of nitrogens with zero attached hydrogens (tertiary/aromatic N) is 1. The van der Waals surface area contributed by atoms with Crippen molar-refractivity contribution in [3.8, 4) is 11.1 Å². The Kier molecular flexibility index (Phi) is 7.57. The van der Waals surface area contributed by atoms with Gasteiger partial charge < -0.3 is 10.1 Å². The van der Waals surface area contributed by atoms with E-state index >= 15 is 0 Å². The normalized spacial score (nSPS) is 16.5. The second-order valence-electron chi connectivity index (χ2n) is 7.95. The van der Waals surface area contributed by atoms with Crippen molar-refractivity contribution in [3.63, 3.8) is 0 Å². The SMILES string of the molecule is Cc1cc2c(-c3ccc(S(=O)(=O)NC4CCS(=O)(=O)CC4)cc3)ccnc2[nH]1.O=C(O)C(F)(F)F. The van der Waals surface area contributed by atoms with E-state index in [1.165, 1.54) is 0 Å². The summed E-state index contributed by atoms with van der Waals surface area (Å²) in [7, 11) is -6.73. The van der Waals surface area contributed by atoms with E-state index in [2.05, 4.69) is 14.7 Å². The molecule has 35 heavy (non-hydrogen) atoms. The summed E-state index contributed by atoms with van der Waals surface area (Å²) in [5.41, 5.74) is 3.67. The Balaban J connectivity index is 0.000000429. The zero-order chi connectivity index (χ0) is 26.0. The highest BCUT2D eigenvalue weighted by Crippen LogP contribution is 2.29. The third-order valence-corrected chi connectivity index (χ3v) is 8.51. The number of benzene rings is 1. The van der Waals surface area contributed by atoms with Crippen LogP contribution < -0.4 is 4.72 Å². The first-order chi connectivity index (χ1) is 16.2. The number of aryl methyl sites for hydroxylation is 1. The molecular formula is C21H22F3N3O6S2. The van der Waals surface area contributed by atoms with Crippen molar-refractivity contribution in [2.45, 2.75) is 36.9 Å². The maximum absolute atomic E-state index is 12.6. The van der Waals surface area contributed by atoms with Crippen molar-refractivity contribution >= 4 is 36.9 Å². The molecule has 3 N–H and O–H groups in total. The van der Waals surface area contributed by atoms with Gasteiger partial charge in [-0.15, -0.1) is 0 Å². The fourth-order valence-electron chi connectivity index (χ4n) is 3.52. The van der Waals surface area contributed by atoms with Gasteiger partial charge in [-0.2, -0.15) is 13.2 Å². The average molecular weight is 534 g/mol. The molecule has 1 aliphatic rings. The van der Waals surface area contributed by atoms with Crippen LogP contribution >= 0.6 is 0 Å². The fraction of sp³-hybridized carbons (Fsp3) is 0.333. The zero-order valence-electron chi connectivity index (χ0n) is 18.3. The highest BCUT2D eigenvalue weighted by molar-refractivity contribution is 7.91. The Hall–Kier alpha value is -2.97. The lowest BCUT2D eigenvalue weighted by atomic mass is 10.0. The molecule has 0 radical (unpaired) electrons. The molecule has 2 aromatic heterocycles. The third kappa shape index (κ3) is 6.80. The first kappa shape index (κ1) is 26.6. The predicted octanol–water partition coefficient (Wildman–Crippen LogP) is 3.03. The summed E-state index contributed by atoms with van der Waals surface area (Å²) in [6.07, 6.45) is -2.75. The molecule has 1 saturated heterocycles. The van der Waals surface area contributed by atoms with E-state index < -0.39 is 32.0 Å². The van der Waals surface area contributed by atoms with Crippen molar-refractivity contribution in [1.29, 1.82) is 0 Å². The molecule has 0 saturated carbocycles. The molecule has 0 unspecified atom stereocenters. The molecule has 0 atom stereocenters. The van der Waals surface area contributed by atoms with Gasteiger partial charge in [0.2, 0.25) is 10.0 Å². The van der Waals surface area contributed by atoms with E-state index in [4.69, 9.17) is 9.90 Å². The maximum atomic E-state index is 12.6. The van der Waals surface area contributed by atoms with Gasteiger partial charge in [0.25, 0.3) is 0 Å². The molecule has 1 fully saturated rings. The number of carboxylic acids is 1. The van der Waals surface area contributed by atoms with Gasteiger partial charge in [0.05, 0.1) is 16.4 Å². The van der Waals surface area contributed by atoms with Crippen LogP contribution in [0.4, 0.5) is 13.2 Å². The summed E-state index contributed by atoms with van der Waals surface area (Å²) in [5.74, 6) is -2.71. The van der Waals surface area contributed by atoms with Gasteiger partial charge >= 0.3 is 12.1 Å². The number of aromatic amines is 1. The number of halogens is 3. The van der Waals surface area contributed by atoms with Gasteiger partial charge in [-0.1, -0.05) is 12.1 Å². The number of sulfone groups is 1. The van der Waals surface area contributed by atoms with Crippen LogP contribution in [0.25, 0.3) is 22.2 Å². The minimum absolute atomic E-state index is 0.0211. The summed E-state index contributed by atoms with van der Waals surface area (Å²) in [6, 6.07) is 10.3. The first-order valence-electron chi connectivity index (χ1n) is 10.3. The summed E-state index contributed by atoms with van der Waals surface area (Å²) in [5, 5.41) is 8.11. The number of alkyl halides is 3. The van der Waals surface area contributed by atoms with Gasteiger partial charge in [0.15, 0.2) is 0 Å². The van der Waals surface area contributed by atoms with Crippen LogP contribution in [0, 0.1) is 6.92 Å². The number of carboxylic acid groups (broad SMARTS) is 1. The van der Waals surface area contributed by atoms with E-state index in [9.17, 15) is 30.0 Å². The van der Waals surface area contributed by atoms with Crippen molar-refractivity contribution in [2.24, 2.45) is 0 Å². The molecule has 0 aliphatic carbocycles. The molecule has 4 rings (SSSR count). The molecule has 0 bridgehead atoms. The van der Waals surface area contributed by atoms with Crippen molar-refractivity contribution in [2.75, 3.05) is 11.5 Å². The molecule has 190 valence electrons. The van der Waals surface area contributed by atoms with E-state index in [1.807, 2.05) is 19.1 Å². The second kappa shape index (κ2) is 9.95. The van der Waals surface area contributed by atoms with Crippen LogP contribution in [-0.4, -0.2) is 61.6 Å². The van der Waals surface area contributed by atoms with Crippen LogP contribution in [0.3, 0.4) is 0 Å². The van der Waals surface area contributed by atoms with Crippen LogP contribution in [-0.2, 0) is 24.7 Å². The molecule has 1 aliphatic heterocycles. The van der Waals surface area contributed by atoms with Crippen LogP contribution in [0.5, 0.6) is 0 Å². The Morgan fingerprint density at radius 1 is 1.14 bits per heavy atom. The minimum atomic E-state index is -5.08. The number of nitrogens with one attached hydrogen (secondary N) is 2. The van der Waals surface area contributed by atoms with Gasteiger partial charge in [-0.3, -0.25) is 0 Å². The number of sulfonamides is 1. The van der Waals surface area contributed by atoms with Crippen molar-refractivity contribution < 1.29 is 39.9 Å². The molecule has 0 amide bonds. The molecular weight excluding hydrogens is 511 g/mol. The van der Waals surface area contributed by atoms with Gasteiger partial charge in [-0.05, 0) is 55.2 Å². The van der Waals surface area contributed by atoms with Crippen LogP contribution in [0.15, 0.2) is 47.5 Å². The first-order valence-corrected chi connectivity index (χ1v) is 13.6. The number of fused-ring (bicyclic) bond motifs is 1. The van der Waals surface area contributed by atoms with Crippen molar-refractivity contribution in [3.05, 3.63) is 48.3 Å². The molecule has 9 nitrogen and oxygen atoms in total. The molecule has 3 aromatic rings. The van der Waals surface area contributed by atoms with Crippen LogP contribution in [0.1, 0.15) is 18.5 Å². The maximum Gasteiger partial charge on any atom is 0.490 e. The minimum Gasteiger partial charge on any atom is -0.475 e. The lowest BCUT2D eigenvalue weighted by Crippen LogP contribution is -2.40. The van der Waals surface area contributed by atoms with Gasteiger partial charge in [-0.25, -0.2) is 31.3 Å². The third-order valence-electron chi connectivity index (χ3n) is 5.26. The fourth-order valence-corrected chi connectivity index (χ4v) is 6.32. The number of hydrogen-bond acceptors (Lipinski definition) is 6. The number of carbonyl (C=O) groups is 1. The molecule has 3 heterocycles. The monoisotopic (exact) mass is 533 g/mol. The zero-order valence-corrected chi connectivity index (χ0v) is 20.0. The summed E-state index contributed by atoms with van der Waals surface area (Å²) < 4.78 is 82.7. The number of aliphatic carboxylic acids is 1. The number of rotatable bonds is 4. The van der Waals surface area contributed by atoms with Crippen LogP contribution in [0.2, 0.25) is 0 Å². The van der Waals surface area contributed by atoms with Gasteiger partial charge in [0, 0.05) is 23.3 Å². The molecule has 14 heteroatoms. The summed E-state index contributed by atoms with van der Waals surface area (Å²) in [4.78, 5) is 16.6. The Morgan fingerprint density at radius 3 is 2.26 bits per heavy atom. The number of aromatic nitrogens is 2. The highest BCUT2D eigenvalue weighted by Gasteiger charge is 2.38. The number of hydrogen-bond donors (Lipinski definition) is 3. The topological polar surface area (TPSA) is 146 Å². The quantitative estimate of drug-likeness (QED) is 0.467. The predicted molar refractivity (Wildman–Crippen MR) is 122 cm³/mol. The Bertz CT molecular complexity index is 1420. The van der Waals surface area contributed by atoms with Crippen molar-refractivity contribution in [1.82, 2.24) is 14.7 Å². The number of pyridine rings is 1. The second-order valence-corrected chi connectivity index (χ2v) is 12.0. The summed E-state index contributed by atoms with van der Waals surface area (Å²) >= 11 is 0. The summed E-state index contributed by atoms with van der Waals surface area (Å²) in [6.45, 7) is 1.96. The Labute approximate surface area is 199 Å². The lowest BCUT2D eigenvalue weighted by Gasteiger charge is -2.22. The smallest absolute Gasteiger partial charge is 0.475 e. The standard InChI is InChI=1S/C19H21N3O4S2.C2HF3O2/c1-13-12-18-17(6-9-20-19(18)21-13)14-2-4-16(5-3-14)28(25,26)22-15-7-10-27(23,24)11-8-15;3-2(4,5)1(6)7/h2-6,9,12,15,22H,7-8,10-11H2,1H3,(H,20,21);(H,6,7). The molecule has 0 spiro atoms. The van der Waals surface area contributed by atoms with E-state index in [0.29, 0.717) is 12.8 Å². The van der Waals surface area contributed by atoms with E-state index in [-0.39, 0.29) is 22.4 Å². The van der Waals surface area contributed by atoms with E-state index in [0.717, 1.165) is 27.9 Å². The lowest BCUT2D eigenvalue weighted by molar-refractivity contribution is -0.192.